The van der Waals surface area contributed by atoms with E-state index in [1.54, 1.807) is 0 Å². The summed E-state index contributed by atoms with van der Waals surface area (Å²) in [6.45, 7) is 9.43. The van der Waals surface area contributed by atoms with Crippen molar-refractivity contribution in [1.82, 2.24) is 20.5 Å². The van der Waals surface area contributed by atoms with E-state index in [9.17, 15) is 0 Å². The second kappa shape index (κ2) is 10.2. The lowest BCUT2D eigenvalue weighted by molar-refractivity contribution is 0.206. The minimum absolute atomic E-state index is 0.508. The molecule has 0 radical (unpaired) electrons. The Morgan fingerprint density at radius 2 is 2.08 bits per heavy atom. The zero-order valence-corrected chi connectivity index (χ0v) is 16.3. The fourth-order valence-electron chi connectivity index (χ4n) is 3.25. The Balaban J connectivity index is 1.95. The van der Waals surface area contributed by atoms with Gasteiger partial charge in [-0.15, -0.1) is 0 Å². The molecule has 0 saturated carbocycles. The molecule has 0 atom stereocenters. The number of nitrogens with one attached hydrogen (secondary N) is 2. The second-order valence-electron chi connectivity index (χ2n) is 6.84. The van der Waals surface area contributed by atoms with Crippen molar-refractivity contribution in [2.45, 2.75) is 45.7 Å². The van der Waals surface area contributed by atoms with Gasteiger partial charge in [0.25, 0.3) is 0 Å². The molecular formula is C19H34N6. The van der Waals surface area contributed by atoms with Crippen LogP contribution >= 0.6 is 0 Å². The van der Waals surface area contributed by atoms with E-state index in [0.29, 0.717) is 12.6 Å². The number of nitrogens with zero attached hydrogens (tertiary/aromatic N) is 4. The van der Waals surface area contributed by atoms with Gasteiger partial charge in [-0.05, 0) is 38.8 Å². The van der Waals surface area contributed by atoms with Gasteiger partial charge in [0.2, 0.25) is 0 Å². The maximum absolute atomic E-state index is 4.79. The molecule has 25 heavy (non-hydrogen) atoms. The lowest BCUT2D eigenvalue weighted by Gasteiger charge is -2.32. The van der Waals surface area contributed by atoms with E-state index in [1.807, 2.05) is 31.3 Å². The van der Waals surface area contributed by atoms with Gasteiger partial charge in [-0.25, -0.2) is 9.98 Å². The smallest absolute Gasteiger partial charge is 0.191 e. The largest absolute Gasteiger partial charge is 0.362 e. The summed E-state index contributed by atoms with van der Waals surface area (Å²) >= 11 is 0. The molecule has 1 fully saturated rings. The van der Waals surface area contributed by atoms with E-state index < -0.39 is 0 Å². The van der Waals surface area contributed by atoms with Gasteiger partial charge in [0, 0.05) is 51.5 Å². The molecule has 0 spiro atoms. The molecule has 1 saturated heterocycles. The summed E-state index contributed by atoms with van der Waals surface area (Å²) < 4.78 is 0. The first-order chi connectivity index (χ1) is 12.1. The molecule has 2 rings (SSSR count). The Labute approximate surface area is 152 Å². The number of rotatable bonds is 7. The van der Waals surface area contributed by atoms with Gasteiger partial charge in [-0.3, -0.25) is 0 Å². The van der Waals surface area contributed by atoms with Crippen molar-refractivity contribution in [3.8, 4) is 0 Å². The van der Waals surface area contributed by atoms with E-state index in [-0.39, 0.29) is 0 Å². The third-order valence-corrected chi connectivity index (χ3v) is 4.51. The summed E-state index contributed by atoms with van der Waals surface area (Å²) in [5.41, 5.74) is 1.14. The number of pyridine rings is 1. The van der Waals surface area contributed by atoms with Gasteiger partial charge in [0.05, 0.1) is 6.54 Å². The standard InChI is InChI=1S/C19H34N6/c1-5-12-25-13-9-17(10-14-25)23-19(20-6-2)22-15-16-8-7-11-21-18(16)24(3)4/h7-8,11,17H,5-6,9-10,12-15H2,1-4H3,(H2,20,22,23). The first-order valence-corrected chi connectivity index (χ1v) is 9.52. The maximum atomic E-state index is 4.79. The number of likely N-dealkylation sites (tertiary alicyclic amines) is 1. The molecule has 1 aliphatic heterocycles. The van der Waals surface area contributed by atoms with Gasteiger partial charge in [0.1, 0.15) is 5.82 Å². The number of piperidine rings is 1. The van der Waals surface area contributed by atoms with Crippen molar-refractivity contribution in [2.75, 3.05) is 45.2 Å². The Bertz CT molecular complexity index is 534. The van der Waals surface area contributed by atoms with Crippen molar-refractivity contribution in [3.63, 3.8) is 0 Å². The average molecular weight is 347 g/mol. The molecule has 0 bridgehead atoms. The van der Waals surface area contributed by atoms with Gasteiger partial charge in [0.15, 0.2) is 5.96 Å². The molecule has 0 aliphatic carbocycles. The third kappa shape index (κ3) is 6.20. The minimum Gasteiger partial charge on any atom is -0.362 e. The highest BCUT2D eigenvalue weighted by molar-refractivity contribution is 5.80. The lowest BCUT2D eigenvalue weighted by atomic mass is 10.1. The van der Waals surface area contributed by atoms with E-state index >= 15 is 0 Å². The minimum atomic E-state index is 0.508. The molecule has 2 heterocycles. The number of hydrogen-bond donors (Lipinski definition) is 2. The Morgan fingerprint density at radius 3 is 2.72 bits per heavy atom. The summed E-state index contributed by atoms with van der Waals surface area (Å²) in [5, 5.41) is 6.99. The molecule has 0 unspecified atom stereocenters. The fourth-order valence-corrected chi connectivity index (χ4v) is 3.25. The molecule has 140 valence electrons. The molecule has 6 nitrogen and oxygen atoms in total. The van der Waals surface area contributed by atoms with Crippen LogP contribution in [-0.4, -0.2) is 62.2 Å². The summed E-state index contributed by atoms with van der Waals surface area (Å²) in [7, 11) is 4.03. The van der Waals surface area contributed by atoms with Crippen LogP contribution in [-0.2, 0) is 6.54 Å². The van der Waals surface area contributed by atoms with Crippen molar-refractivity contribution >= 4 is 11.8 Å². The van der Waals surface area contributed by atoms with Crippen LogP contribution in [0.15, 0.2) is 23.3 Å². The fraction of sp³-hybridized carbons (Fsp3) is 0.684. The van der Waals surface area contributed by atoms with Crippen LogP contribution < -0.4 is 15.5 Å². The normalized spacial score (nSPS) is 16.7. The molecule has 6 heteroatoms. The number of anilines is 1. The Hall–Kier alpha value is -1.82. The maximum Gasteiger partial charge on any atom is 0.191 e. The molecular weight excluding hydrogens is 312 g/mol. The van der Waals surface area contributed by atoms with Crippen LogP contribution in [0.3, 0.4) is 0 Å². The summed E-state index contributed by atoms with van der Waals surface area (Å²) in [4.78, 5) is 13.8. The molecule has 0 amide bonds. The number of aliphatic imine (C=N–C) groups is 1. The Morgan fingerprint density at radius 1 is 1.32 bits per heavy atom. The van der Waals surface area contributed by atoms with Crippen molar-refractivity contribution in [1.29, 1.82) is 0 Å². The van der Waals surface area contributed by atoms with Gasteiger partial charge >= 0.3 is 0 Å². The van der Waals surface area contributed by atoms with Crippen LogP contribution in [0.4, 0.5) is 5.82 Å². The SMILES string of the molecule is CCCN1CCC(NC(=NCc2cccnc2N(C)C)NCC)CC1. The molecule has 1 aliphatic rings. The number of hydrogen-bond acceptors (Lipinski definition) is 4. The highest BCUT2D eigenvalue weighted by Crippen LogP contribution is 2.15. The van der Waals surface area contributed by atoms with Crippen molar-refractivity contribution < 1.29 is 0 Å². The highest BCUT2D eigenvalue weighted by Gasteiger charge is 2.19. The van der Waals surface area contributed by atoms with Gasteiger partial charge in [-0.2, -0.15) is 0 Å². The van der Waals surface area contributed by atoms with Crippen molar-refractivity contribution in [3.05, 3.63) is 23.9 Å². The monoisotopic (exact) mass is 346 g/mol. The quantitative estimate of drug-likeness (QED) is 0.585. The summed E-state index contributed by atoms with van der Waals surface area (Å²) in [6.07, 6.45) is 5.43. The molecule has 0 aromatic carbocycles. The zero-order chi connectivity index (χ0) is 18.1. The van der Waals surface area contributed by atoms with Crippen LogP contribution in [0.5, 0.6) is 0 Å². The predicted octanol–water partition coefficient (Wildman–Crippen LogP) is 2.08. The van der Waals surface area contributed by atoms with Gasteiger partial charge in [-0.1, -0.05) is 13.0 Å². The number of aromatic nitrogens is 1. The topological polar surface area (TPSA) is 55.8 Å². The summed E-state index contributed by atoms with van der Waals surface area (Å²) in [5.74, 6) is 1.89. The van der Waals surface area contributed by atoms with E-state index in [1.165, 1.54) is 38.9 Å². The highest BCUT2D eigenvalue weighted by atomic mass is 15.2. The first kappa shape index (κ1) is 19.5. The number of guanidine groups is 1. The first-order valence-electron chi connectivity index (χ1n) is 9.52. The predicted molar refractivity (Wildman–Crippen MR) is 106 cm³/mol. The molecule has 1 aromatic rings. The molecule has 1 aromatic heterocycles. The second-order valence-corrected chi connectivity index (χ2v) is 6.84. The summed E-state index contributed by atoms with van der Waals surface area (Å²) in [6, 6.07) is 4.58. The van der Waals surface area contributed by atoms with Crippen LogP contribution in [0.25, 0.3) is 0 Å². The van der Waals surface area contributed by atoms with Crippen LogP contribution in [0, 0.1) is 0 Å². The zero-order valence-electron chi connectivity index (χ0n) is 16.3. The van der Waals surface area contributed by atoms with E-state index in [4.69, 9.17) is 4.99 Å². The lowest BCUT2D eigenvalue weighted by Crippen LogP contribution is -2.48. The van der Waals surface area contributed by atoms with Crippen molar-refractivity contribution in [2.24, 2.45) is 4.99 Å². The van der Waals surface area contributed by atoms with Gasteiger partial charge < -0.3 is 20.4 Å². The van der Waals surface area contributed by atoms with E-state index in [0.717, 1.165) is 23.9 Å². The average Bonchev–Trinajstić information content (AvgIpc) is 2.62. The molecule has 2 N–H and O–H groups in total. The van der Waals surface area contributed by atoms with E-state index in [2.05, 4.69) is 40.4 Å². The van der Waals surface area contributed by atoms with Crippen LogP contribution in [0.2, 0.25) is 0 Å². The third-order valence-electron chi connectivity index (χ3n) is 4.51. The van der Waals surface area contributed by atoms with Crippen LogP contribution in [0.1, 0.15) is 38.7 Å². The Kier molecular flexibility index (Phi) is 7.98.